The summed E-state index contributed by atoms with van der Waals surface area (Å²) in [4.78, 5) is 8.08. The normalized spacial score (nSPS) is 12.8. The van der Waals surface area contributed by atoms with Gasteiger partial charge in [-0.1, -0.05) is 22.4 Å². The van der Waals surface area contributed by atoms with Gasteiger partial charge in [0.2, 0.25) is 0 Å². The molecule has 0 unspecified atom stereocenters. The molecule has 35 heavy (non-hydrogen) atoms. The predicted octanol–water partition coefficient (Wildman–Crippen LogP) is -0.823. The molecule has 0 aromatic carbocycles. The van der Waals surface area contributed by atoms with Crippen LogP contribution in [0.5, 0.6) is 0 Å². The van der Waals surface area contributed by atoms with Crippen molar-refractivity contribution in [2.24, 2.45) is 30.7 Å². The van der Waals surface area contributed by atoms with Gasteiger partial charge in [-0.2, -0.15) is 20.4 Å². The zero-order valence-electron chi connectivity index (χ0n) is 19.6. The minimum Gasteiger partial charge on any atom is -0.856 e. The van der Waals surface area contributed by atoms with Crippen LogP contribution in [0.2, 0.25) is 0 Å². The number of aromatic nitrogens is 2. The van der Waals surface area contributed by atoms with Gasteiger partial charge in [-0.25, -0.2) is 0 Å². The summed E-state index contributed by atoms with van der Waals surface area (Å²) in [5.41, 5.74) is 2.07. The smallest absolute Gasteiger partial charge is 0.856 e. The minimum atomic E-state index is -0.683. The summed E-state index contributed by atoms with van der Waals surface area (Å²) in [7, 11) is 0. The van der Waals surface area contributed by atoms with Gasteiger partial charge in [-0.3, -0.25) is 9.97 Å². The molecule has 2 heterocycles. The van der Waals surface area contributed by atoms with Gasteiger partial charge in [0.25, 0.3) is 0 Å². The van der Waals surface area contributed by atoms with Crippen LogP contribution >= 0.6 is 0 Å². The molecule has 2 aromatic rings. The molecule has 0 saturated carbocycles. The van der Waals surface area contributed by atoms with Gasteiger partial charge in [0, 0.05) is 24.2 Å². The van der Waals surface area contributed by atoms with Gasteiger partial charge >= 0.3 is 19.5 Å². The van der Waals surface area contributed by atoms with E-state index < -0.39 is 11.8 Å². The summed E-state index contributed by atoms with van der Waals surface area (Å²) in [5.74, 6) is -1.37. The zero-order chi connectivity index (χ0) is 23.9. The van der Waals surface area contributed by atoms with E-state index in [0.717, 1.165) is 0 Å². The molecule has 0 saturated heterocycles. The molecule has 0 atom stereocenters. The van der Waals surface area contributed by atoms with Gasteiger partial charge in [0.15, 0.2) is 0 Å². The average molecular weight is 540 g/mol. The Balaban J connectivity index is -0.000000539. The number of nitrogens with zero attached hydrogens (tertiary/aromatic N) is 8. The first-order valence-electron chi connectivity index (χ1n) is 9.09. The van der Waals surface area contributed by atoms with Crippen LogP contribution in [0.3, 0.4) is 0 Å². The van der Waals surface area contributed by atoms with Crippen LogP contribution in [0.25, 0.3) is 0 Å². The van der Waals surface area contributed by atoms with Crippen molar-refractivity contribution in [3.63, 3.8) is 0 Å². The van der Waals surface area contributed by atoms with Crippen LogP contribution in [0.15, 0.2) is 79.5 Å². The number of oxime groups is 2. The van der Waals surface area contributed by atoms with Crippen molar-refractivity contribution in [3.8, 4) is 0 Å². The summed E-state index contributed by atoms with van der Waals surface area (Å²) in [6, 6.07) is 10.7. The van der Waals surface area contributed by atoms with Crippen molar-refractivity contribution >= 4 is 34.6 Å². The van der Waals surface area contributed by atoms with Crippen LogP contribution in [-0.2, 0) is 19.5 Å². The van der Waals surface area contributed by atoms with Crippen molar-refractivity contribution in [2.75, 3.05) is 0 Å². The summed E-state index contributed by atoms with van der Waals surface area (Å²) >= 11 is 0. The third-order valence-electron chi connectivity index (χ3n) is 3.57. The quantitative estimate of drug-likeness (QED) is 0.156. The molecule has 0 spiro atoms. The standard InChI is InChI=1S/2C10H12N4O2.2H2O.Zn/c2*1-7(9-5-3-4-6-11-9)12-13-10(15)8(2)14-16;;;/h2*3-6,16H,1-2H3,(H,13,15);2*1H2;/q;;;;+2/p-2/b2*12-7+,14-8+;;;. The van der Waals surface area contributed by atoms with Crippen molar-refractivity contribution in [1.29, 1.82) is 0 Å². The third-order valence-corrected chi connectivity index (χ3v) is 3.57. The number of pyridine rings is 2. The monoisotopic (exact) mass is 538 g/mol. The molecule has 0 amide bonds. The fraction of sp³-hybridized carbons (Fsp3) is 0.200. The molecule has 0 radical (unpaired) electrons. The second kappa shape index (κ2) is 19.5. The molecule has 0 bridgehead atoms. The Morgan fingerprint density at radius 2 is 1.00 bits per heavy atom. The van der Waals surface area contributed by atoms with Gasteiger partial charge < -0.3 is 31.6 Å². The molecule has 0 aliphatic rings. The van der Waals surface area contributed by atoms with Crippen LogP contribution in [-0.4, -0.2) is 66.0 Å². The van der Waals surface area contributed by atoms with Gasteiger partial charge in [-0.15, -0.1) is 0 Å². The van der Waals surface area contributed by atoms with Crippen LogP contribution in [0.4, 0.5) is 0 Å². The number of hydrogen-bond acceptors (Lipinski definition) is 12. The Kier molecular flexibility index (Phi) is 19.9. The van der Waals surface area contributed by atoms with Crippen molar-refractivity contribution in [1.82, 2.24) is 9.97 Å². The van der Waals surface area contributed by atoms with E-state index in [-0.39, 0.29) is 41.9 Å². The zero-order valence-corrected chi connectivity index (χ0v) is 22.6. The molecule has 2 rings (SSSR count). The first kappa shape index (κ1) is 35.6. The van der Waals surface area contributed by atoms with E-state index in [1.165, 1.54) is 13.8 Å². The summed E-state index contributed by atoms with van der Waals surface area (Å²) in [5, 5.41) is 58.6. The van der Waals surface area contributed by atoms with Crippen molar-refractivity contribution < 1.29 is 51.1 Å². The first-order chi connectivity index (χ1) is 15.3. The SMILES string of the molecule is CC(=N\O)/C([O-])=N/N=C(\C)c1ccccn1.CC(=N\O)/C([O-])=N/N=C(\C)c1ccccn1.O.O.[Zn+2]. The molecule has 0 aliphatic heterocycles. The second-order valence-electron chi connectivity index (χ2n) is 5.98. The van der Waals surface area contributed by atoms with E-state index in [9.17, 15) is 10.2 Å². The van der Waals surface area contributed by atoms with Crippen molar-refractivity contribution in [3.05, 3.63) is 60.2 Å². The Labute approximate surface area is 214 Å². The van der Waals surface area contributed by atoms with Crippen molar-refractivity contribution in [2.45, 2.75) is 27.7 Å². The molecular formula is C20H26N8O6Zn. The molecule has 0 fully saturated rings. The van der Waals surface area contributed by atoms with Gasteiger partial charge in [0.1, 0.15) is 0 Å². The first-order valence-corrected chi connectivity index (χ1v) is 9.09. The maximum absolute atomic E-state index is 11.1. The predicted molar refractivity (Wildman–Crippen MR) is 125 cm³/mol. The molecule has 184 valence electrons. The van der Waals surface area contributed by atoms with E-state index in [2.05, 4.69) is 40.7 Å². The minimum absolute atomic E-state index is 0. The van der Waals surface area contributed by atoms with Gasteiger partial charge in [0.05, 0.1) is 34.2 Å². The largest absolute Gasteiger partial charge is 2.00 e. The fourth-order valence-electron chi connectivity index (χ4n) is 1.73. The van der Waals surface area contributed by atoms with E-state index in [1.807, 2.05) is 12.1 Å². The fourth-order valence-corrected chi connectivity index (χ4v) is 1.73. The summed E-state index contributed by atoms with van der Waals surface area (Å²) < 4.78 is 0. The van der Waals surface area contributed by atoms with E-state index in [0.29, 0.717) is 22.8 Å². The molecule has 6 N–H and O–H groups in total. The van der Waals surface area contributed by atoms with Crippen LogP contribution in [0, 0.1) is 0 Å². The van der Waals surface area contributed by atoms with E-state index in [1.54, 1.807) is 50.5 Å². The maximum atomic E-state index is 11.1. The van der Waals surface area contributed by atoms with Gasteiger partial charge in [-0.05, 0) is 52.0 Å². The number of hydrogen-bond donors (Lipinski definition) is 2. The maximum Gasteiger partial charge on any atom is 2.00 e. The summed E-state index contributed by atoms with van der Waals surface area (Å²) in [6.07, 6.45) is 3.24. The Morgan fingerprint density at radius 3 is 1.26 bits per heavy atom. The average Bonchev–Trinajstić information content (AvgIpc) is 2.85. The Hall–Kier alpha value is -3.94. The number of rotatable bonds is 6. The van der Waals surface area contributed by atoms with Crippen LogP contribution in [0.1, 0.15) is 39.1 Å². The van der Waals surface area contributed by atoms with E-state index in [4.69, 9.17) is 10.4 Å². The Morgan fingerprint density at radius 1 is 0.657 bits per heavy atom. The third kappa shape index (κ3) is 13.4. The molecule has 0 aliphatic carbocycles. The molecule has 2 aromatic heterocycles. The second-order valence-corrected chi connectivity index (χ2v) is 5.98. The molecular weight excluding hydrogens is 514 g/mol. The molecule has 15 heteroatoms. The summed E-state index contributed by atoms with van der Waals surface area (Å²) in [6.45, 7) is 6.06. The topological polar surface area (TPSA) is 250 Å². The van der Waals surface area contributed by atoms with Crippen LogP contribution < -0.4 is 10.2 Å². The van der Waals surface area contributed by atoms with E-state index >= 15 is 0 Å². The molecule has 14 nitrogen and oxygen atoms in total. The Bertz CT molecular complexity index is 972.